The first-order chi connectivity index (χ1) is 12.5. The monoisotopic (exact) mass is 361 g/mol. The van der Waals surface area contributed by atoms with Gasteiger partial charge < -0.3 is 20.5 Å². The van der Waals surface area contributed by atoms with Crippen molar-refractivity contribution >= 4 is 5.96 Å². The molecule has 0 spiro atoms. The maximum atomic E-state index is 13.8. The van der Waals surface area contributed by atoms with Gasteiger partial charge in [-0.3, -0.25) is 0 Å². The van der Waals surface area contributed by atoms with Crippen LogP contribution in [0.3, 0.4) is 0 Å². The number of nitrogens with one attached hydrogen (secondary N) is 1. The topological polar surface area (TPSA) is 68.9 Å². The average Bonchev–Trinajstić information content (AvgIpc) is 3.38. The molecule has 1 aliphatic carbocycles. The van der Waals surface area contributed by atoms with Crippen LogP contribution in [0.15, 0.2) is 41.4 Å². The van der Waals surface area contributed by atoms with Gasteiger partial charge in [-0.05, 0) is 36.2 Å². The predicted octanol–water partition coefficient (Wildman–Crippen LogP) is 2.94. The molecule has 1 saturated carbocycles. The Hall–Kier alpha value is -2.83. The number of hydrogen-bond donors (Lipinski definition) is 2. The van der Waals surface area contributed by atoms with Crippen molar-refractivity contribution < 1.29 is 18.3 Å². The number of ether oxygens (including phenoxy) is 2. The number of benzene rings is 2. The van der Waals surface area contributed by atoms with Gasteiger partial charge in [0.1, 0.15) is 11.6 Å². The van der Waals surface area contributed by atoms with E-state index in [1.165, 1.54) is 18.2 Å². The maximum Gasteiger partial charge on any atom is 0.189 e. The third-order valence-corrected chi connectivity index (χ3v) is 4.37. The summed E-state index contributed by atoms with van der Waals surface area (Å²) in [6.07, 6.45) is 0.616. The van der Waals surface area contributed by atoms with E-state index >= 15 is 0 Å². The molecule has 5 nitrogen and oxygen atoms in total. The summed E-state index contributed by atoms with van der Waals surface area (Å²) in [5.41, 5.74) is 6.91. The summed E-state index contributed by atoms with van der Waals surface area (Å²) in [5.74, 6) is 0.207. The molecule has 2 atom stereocenters. The van der Waals surface area contributed by atoms with Gasteiger partial charge in [0, 0.05) is 17.5 Å². The van der Waals surface area contributed by atoms with Crippen molar-refractivity contribution in [2.75, 3.05) is 14.2 Å². The zero-order chi connectivity index (χ0) is 18.7. The van der Waals surface area contributed by atoms with E-state index in [2.05, 4.69) is 10.3 Å². The van der Waals surface area contributed by atoms with E-state index in [1.54, 1.807) is 20.3 Å². The van der Waals surface area contributed by atoms with Gasteiger partial charge in [-0.25, -0.2) is 13.8 Å². The smallest absolute Gasteiger partial charge is 0.189 e. The molecule has 7 heteroatoms. The predicted molar refractivity (Wildman–Crippen MR) is 95.5 cm³/mol. The van der Waals surface area contributed by atoms with Gasteiger partial charge in [0.05, 0.1) is 20.8 Å². The Morgan fingerprint density at radius 3 is 2.50 bits per heavy atom. The summed E-state index contributed by atoms with van der Waals surface area (Å²) >= 11 is 0. The van der Waals surface area contributed by atoms with Crippen LogP contribution in [-0.2, 0) is 6.54 Å². The highest BCUT2D eigenvalue weighted by Crippen LogP contribution is 2.43. The molecular weight excluding hydrogens is 340 g/mol. The summed E-state index contributed by atoms with van der Waals surface area (Å²) in [6.45, 7) is 0.352. The quantitative estimate of drug-likeness (QED) is 0.613. The van der Waals surface area contributed by atoms with Gasteiger partial charge in [0.25, 0.3) is 0 Å². The van der Waals surface area contributed by atoms with E-state index in [0.717, 1.165) is 5.56 Å². The summed E-state index contributed by atoms with van der Waals surface area (Å²) in [5, 5.41) is 3.02. The lowest BCUT2D eigenvalue weighted by Gasteiger charge is -2.09. The lowest BCUT2D eigenvalue weighted by Crippen LogP contribution is -2.34. The lowest BCUT2D eigenvalue weighted by atomic mass is 10.1. The Kier molecular flexibility index (Phi) is 5.25. The van der Waals surface area contributed by atoms with Crippen molar-refractivity contribution in [3.8, 4) is 11.5 Å². The van der Waals surface area contributed by atoms with E-state index in [4.69, 9.17) is 15.2 Å². The SMILES string of the molecule is COc1ccc(CN=C(N)NC2CC2c2c(F)cccc2F)cc1OC. The fourth-order valence-corrected chi connectivity index (χ4v) is 2.93. The highest BCUT2D eigenvalue weighted by atomic mass is 19.1. The van der Waals surface area contributed by atoms with Gasteiger partial charge in [0.15, 0.2) is 17.5 Å². The first kappa shape index (κ1) is 18.0. The van der Waals surface area contributed by atoms with Crippen LogP contribution in [0.1, 0.15) is 23.5 Å². The third kappa shape index (κ3) is 3.87. The van der Waals surface area contributed by atoms with Crippen LogP contribution in [0.25, 0.3) is 0 Å². The second-order valence-electron chi connectivity index (χ2n) is 6.12. The zero-order valence-electron chi connectivity index (χ0n) is 14.6. The number of guanidine groups is 1. The molecule has 0 bridgehead atoms. The van der Waals surface area contributed by atoms with Crippen LogP contribution in [0, 0.1) is 11.6 Å². The van der Waals surface area contributed by atoms with Crippen LogP contribution < -0.4 is 20.5 Å². The lowest BCUT2D eigenvalue weighted by molar-refractivity contribution is 0.354. The Bertz CT molecular complexity index is 806. The first-order valence-corrected chi connectivity index (χ1v) is 8.24. The molecule has 2 aromatic rings. The molecule has 2 aromatic carbocycles. The fourth-order valence-electron chi connectivity index (χ4n) is 2.93. The molecule has 26 heavy (non-hydrogen) atoms. The molecule has 1 fully saturated rings. The van der Waals surface area contributed by atoms with Crippen LogP contribution in [0.4, 0.5) is 8.78 Å². The Morgan fingerprint density at radius 1 is 1.15 bits per heavy atom. The molecule has 1 aliphatic rings. The molecule has 3 rings (SSSR count). The molecule has 3 N–H and O–H groups in total. The Balaban J connectivity index is 1.60. The number of halogens is 2. The second-order valence-corrected chi connectivity index (χ2v) is 6.12. The molecule has 138 valence electrons. The molecule has 0 radical (unpaired) electrons. The number of nitrogens with two attached hydrogens (primary N) is 1. The van der Waals surface area contributed by atoms with Crippen LogP contribution in [-0.4, -0.2) is 26.2 Å². The molecule has 0 aromatic heterocycles. The van der Waals surface area contributed by atoms with Crippen molar-refractivity contribution in [1.82, 2.24) is 5.32 Å². The zero-order valence-corrected chi connectivity index (χ0v) is 14.6. The van der Waals surface area contributed by atoms with E-state index in [-0.39, 0.29) is 23.5 Å². The molecule has 0 aliphatic heterocycles. The first-order valence-electron chi connectivity index (χ1n) is 8.24. The summed E-state index contributed by atoms with van der Waals surface area (Å²) in [6, 6.07) is 9.26. The van der Waals surface area contributed by atoms with Crippen molar-refractivity contribution in [2.24, 2.45) is 10.7 Å². The standard InChI is InChI=1S/C19H21F2N3O2/c1-25-16-7-6-11(8-17(16)26-2)10-23-19(22)24-15-9-12(15)18-13(20)4-3-5-14(18)21/h3-8,12,15H,9-10H2,1-2H3,(H3,22,23,24). The average molecular weight is 361 g/mol. The van der Waals surface area contributed by atoms with Crippen LogP contribution >= 0.6 is 0 Å². The summed E-state index contributed by atoms with van der Waals surface area (Å²) < 4.78 is 38.1. The van der Waals surface area contributed by atoms with Crippen molar-refractivity contribution in [3.63, 3.8) is 0 Å². The molecule has 0 saturated heterocycles. The van der Waals surface area contributed by atoms with Gasteiger partial charge in [-0.1, -0.05) is 12.1 Å². The van der Waals surface area contributed by atoms with Gasteiger partial charge in [0.2, 0.25) is 0 Å². The largest absolute Gasteiger partial charge is 0.493 e. The third-order valence-electron chi connectivity index (χ3n) is 4.37. The van der Waals surface area contributed by atoms with Gasteiger partial charge in [-0.2, -0.15) is 0 Å². The van der Waals surface area contributed by atoms with Crippen LogP contribution in [0.5, 0.6) is 11.5 Å². The number of hydrogen-bond acceptors (Lipinski definition) is 3. The maximum absolute atomic E-state index is 13.8. The minimum atomic E-state index is -0.528. The van der Waals surface area contributed by atoms with Gasteiger partial charge >= 0.3 is 0 Å². The number of methoxy groups -OCH3 is 2. The number of aliphatic imine (C=N–C) groups is 1. The van der Waals surface area contributed by atoms with Crippen molar-refractivity contribution in [1.29, 1.82) is 0 Å². The number of nitrogens with zero attached hydrogens (tertiary/aromatic N) is 1. The minimum Gasteiger partial charge on any atom is -0.493 e. The van der Waals surface area contributed by atoms with E-state index in [0.29, 0.717) is 24.5 Å². The van der Waals surface area contributed by atoms with Crippen LogP contribution in [0.2, 0.25) is 0 Å². The molecule has 0 amide bonds. The normalized spacial score (nSPS) is 19.2. The van der Waals surface area contributed by atoms with Crippen molar-refractivity contribution in [2.45, 2.75) is 24.9 Å². The number of rotatable bonds is 6. The van der Waals surface area contributed by atoms with E-state index < -0.39 is 11.6 Å². The van der Waals surface area contributed by atoms with E-state index in [9.17, 15) is 8.78 Å². The fraction of sp³-hybridized carbons (Fsp3) is 0.316. The summed E-state index contributed by atoms with van der Waals surface area (Å²) in [7, 11) is 3.14. The summed E-state index contributed by atoms with van der Waals surface area (Å²) in [4.78, 5) is 4.28. The van der Waals surface area contributed by atoms with Gasteiger partial charge in [-0.15, -0.1) is 0 Å². The minimum absolute atomic E-state index is 0.109. The van der Waals surface area contributed by atoms with E-state index in [1.807, 2.05) is 12.1 Å². The van der Waals surface area contributed by atoms with Crippen molar-refractivity contribution in [3.05, 3.63) is 59.2 Å². The Morgan fingerprint density at radius 2 is 1.85 bits per heavy atom. The highest BCUT2D eigenvalue weighted by molar-refractivity contribution is 5.78. The molecular formula is C19H21F2N3O2. The molecule has 0 heterocycles. The highest BCUT2D eigenvalue weighted by Gasteiger charge is 2.42. The Labute approximate surface area is 150 Å². The second kappa shape index (κ2) is 7.59. The molecule has 2 unspecified atom stereocenters.